The van der Waals surface area contributed by atoms with Gasteiger partial charge in [0.05, 0.1) is 11.5 Å². The maximum atomic E-state index is 11.0. The van der Waals surface area contributed by atoms with Crippen molar-refractivity contribution >= 4 is 33.3 Å². The number of carboxylic acid groups (broad SMARTS) is 1. The third kappa shape index (κ3) is 4.24. The molecule has 2 aliphatic rings. The summed E-state index contributed by atoms with van der Waals surface area (Å²) in [6.45, 7) is 0.986. The van der Waals surface area contributed by atoms with E-state index < -0.39 is 10.9 Å². The van der Waals surface area contributed by atoms with Gasteiger partial charge in [0.15, 0.2) is 0 Å². The van der Waals surface area contributed by atoms with Crippen molar-refractivity contribution in [1.82, 2.24) is 4.90 Å². The van der Waals surface area contributed by atoms with Gasteiger partial charge in [0.2, 0.25) is 0 Å². The smallest absolute Gasteiger partial charge is 0.317 e. The molecule has 0 spiro atoms. The van der Waals surface area contributed by atoms with Gasteiger partial charge in [0, 0.05) is 40.9 Å². The lowest BCUT2D eigenvalue weighted by Crippen LogP contribution is -2.52. The lowest BCUT2D eigenvalue weighted by molar-refractivity contribution is -0.384. The lowest BCUT2D eigenvalue weighted by atomic mass is 9.85. The summed E-state index contributed by atoms with van der Waals surface area (Å²) in [5.74, 6) is -0.106. The minimum Gasteiger partial charge on any atom is -0.480 e. The molecule has 0 unspecified atom stereocenters. The molecule has 130 valence electrons. The van der Waals surface area contributed by atoms with E-state index in [0.717, 1.165) is 25.1 Å². The number of rotatable bonds is 8. The minimum absolute atomic E-state index is 0.0518. The summed E-state index contributed by atoms with van der Waals surface area (Å²) in [5.41, 5.74) is 0.881. The van der Waals surface area contributed by atoms with Gasteiger partial charge in [-0.05, 0) is 53.6 Å². The molecule has 0 atom stereocenters. The van der Waals surface area contributed by atoms with Crippen LogP contribution >= 0.6 is 15.9 Å². The Kier molecular flexibility index (Phi) is 5.05. The summed E-state index contributed by atoms with van der Waals surface area (Å²) in [6.07, 6.45) is 4.20. The highest BCUT2D eigenvalue weighted by Crippen LogP contribution is 2.36. The highest BCUT2D eigenvalue weighted by atomic mass is 79.9. The summed E-state index contributed by atoms with van der Waals surface area (Å²) in [5, 5.41) is 23.2. The fraction of sp³-hybridized carbons (Fsp3) is 0.562. The molecule has 8 heteroatoms. The van der Waals surface area contributed by atoms with Gasteiger partial charge in [-0.2, -0.15) is 0 Å². The van der Waals surface area contributed by atoms with Crippen LogP contribution in [0.15, 0.2) is 22.7 Å². The zero-order chi connectivity index (χ0) is 17.3. The summed E-state index contributed by atoms with van der Waals surface area (Å²) in [7, 11) is 0. The standard InChI is InChI=1S/C16H20BrN3O4/c17-14-7-12(20(23)24)3-4-15(14)18-11-5-13(6-11)19(9-16(21)22)8-10-1-2-10/h3-4,7,10-11,13,18H,1-2,5-6,8-9H2,(H,21,22). The van der Waals surface area contributed by atoms with E-state index in [1.165, 1.54) is 25.0 Å². The zero-order valence-corrected chi connectivity index (χ0v) is 14.7. The minimum atomic E-state index is -0.773. The predicted molar refractivity (Wildman–Crippen MR) is 93.2 cm³/mol. The molecule has 2 fully saturated rings. The Morgan fingerprint density at radius 3 is 2.67 bits per heavy atom. The molecule has 3 rings (SSSR count). The highest BCUT2D eigenvalue weighted by molar-refractivity contribution is 9.10. The summed E-state index contributed by atoms with van der Waals surface area (Å²) in [4.78, 5) is 23.5. The second-order valence-electron chi connectivity index (χ2n) is 6.65. The third-order valence-corrected chi connectivity index (χ3v) is 5.34. The quantitative estimate of drug-likeness (QED) is 0.516. The third-order valence-electron chi connectivity index (χ3n) is 4.68. The van der Waals surface area contributed by atoms with E-state index >= 15 is 0 Å². The van der Waals surface area contributed by atoms with Crippen LogP contribution in [0.2, 0.25) is 0 Å². The van der Waals surface area contributed by atoms with Crippen LogP contribution in [0, 0.1) is 16.0 Å². The number of carboxylic acids is 1. The SMILES string of the molecule is O=C(O)CN(CC1CC1)C1CC(Nc2ccc([N+](=O)[O-])cc2Br)C1. The van der Waals surface area contributed by atoms with E-state index in [9.17, 15) is 14.9 Å². The molecule has 7 nitrogen and oxygen atoms in total. The number of carbonyl (C=O) groups is 1. The Labute approximate surface area is 148 Å². The van der Waals surface area contributed by atoms with E-state index in [4.69, 9.17) is 5.11 Å². The van der Waals surface area contributed by atoms with E-state index in [0.29, 0.717) is 16.4 Å². The second-order valence-corrected chi connectivity index (χ2v) is 7.51. The number of hydrogen-bond donors (Lipinski definition) is 2. The fourth-order valence-corrected chi connectivity index (χ4v) is 3.59. The molecule has 24 heavy (non-hydrogen) atoms. The first-order valence-electron chi connectivity index (χ1n) is 8.08. The van der Waals surface area contributed by atoms with Crippen molar-refractivity contribution in [3.63, 3.8) is 0 Å². The van der Waals surface area contributed by atoms with Crippen LogP contribution in [0.25, 0.3) is 0 Å². The number of nitro benzene ring substituents is 1. The first-order chi connectivity index (χ1) is 11.4. The molecule has 2 N–H and O–H groups in total. The highest BCUT2D eigenvalue weighted by Gasteiger charge is 2.37. The number of non-ortho nitro benzene ring substituents is 1. The molecule has 0 aromatic heterocycles. The Bertz CT molecular complexity index is 644. The Balaban J connectivity index is 1.54. The van der Waals surface area contributed by atoms with Crippen molar-refractivity contribution in [3.05, 3.63) is 32.8 Å². The van der Waals surface area contributed by atoms with Crippen LogP contribution in [0.5, 0.6) is 0 Å². The van der Waals surface area contributed by atoms with Gasteiger partial charge in [-0.3, -0.25) is 19.8 Å². The van der Waals surface area contributed by atoms with Gasteiger partial charge in [-0.15, -0.1) is 0 Å². The number of halogens is 1. The van der Waals surface area contributed by atoms with Crippen molar-refractivity contribution in [2.75, 3.05) is 18.4 Å². The molecular weight excluding hydrogens is 378 g/mol. The molecule has 2 saturated carbocycles. The van der Waals surface area contributed by atoms with Crippen LogP contribution in [0.4, 0.5) is 11.4 Å². The summed E-state index contributed by atoms with van der Waals surface area (Å²) >= 11 is 3.36. The number of benzene rings is 1. The van der Waals surface area contributed by atoms with Crippen LogP contribution in [0.1, 0.15) is 25.7 Å². The average Bonchev–Trinajstić information content (AvgIpc) is 3.26. The second kappa shape index (κ2) is 7.06. The molecule has 0 bridgehead atoms. The first-order valence-corrected chi connectivity index (χ1v) is 8.88. The lowest BCUT2D eigenvalue weighted by Gasteiger charge is -2.43. The van der Waals surface area contributed by atoms with Gasteiger partial charge in [-0.25, -0.2) is 0 Å². The van der Waals surface area contributed by atoms with Gasteiger partial charge in [-0.1, -0.05) is 0 Å². The maximum absolute atomic E-state index is 11.0. The van der Waals surface area contributed by atoms with Gasteiger partial charge in [0.25, 0.3) is 5.69 Å². The number of nitrogens with one attached hydrogen (secondary N) is 1. The van der Waals surface area contributed by atoms with E-state index in [1.807, 2.05) is 0 Å². The van der Waals surface area contributed by atoms with Gasteiger partial charge < -0.3 is 10.4 Å². The van der Waals surface area contributed by atoms with Crippen LogP contribution in [0.3, 0.4) is 0 Å². The molecular formula is C16H20BrN3O4. The van der Waals surface area contributed by atoms with Crippen LogP contribution in [-0.2, 0) is 4.79 Å². The summed E-state index contributed by atoms with van der Waals surface area (Å²) in [6, 6.07) is 5.24. The van der Waals surface area contributed by atoms with Crippen LogP contribution in [-0.4, -0.2) is 46.1 Å². The van der Waals surface area contributed by atoms with Crippen molar-refractivity contribution < 1.29 is 14.8 Å². The number of aliphatic carboxylic acids is 1. The molecule has 1 aromatic carbocycles. The normalized spacial score (nSPS) is 22.9. The number of anilines is 1. The molecule has 0 heterocycles. The molecule has 0 amide bonds. The number of nitrogens with zero attached hydrogens (tertiary/aromatic N) is 2. The molecule has 2 aliphatic carbocycles. The average molecular weight is 398 g/mol. The largest absolute Gasteiger partial charge is 0.480 e. The first kappa shape index (κ1) is 17.2. The molecule has 0 radical (unpaired) electrons. The Morgan fingerprint density at radius 2 is 2.12 bits per heavy atom. The van der Waals surface area contributed by atoms with Crippen molar-refractivity contribution in [2.24, 2.45) is 5.92 Å². The fourth-order valence-electron chi connectivity index (χ4n) is 3.11. The van der Waals surface area contributed by atoms with Gasteiger partial charge >= 0.3 is 5.97 Å². The van der Waals surface area contributed by atoms with Crippen molar-refractivity contribution in [3.8, 4) is 0 Å². The monoisotopic (exact) mass is 397 g/mol. The van der Waals surface area contributed by atoms with Crippen LogP contribution < -0.4 is 5.32 Å². The van der Waals surface area contributed by atoms with E-state index in [2.05, 4.69) is 26.1 Å². The van der Waals surface area contributed by atoms with Crippen molar-refractivity contribution in [2.45, 2.75) is 37.8 Å². The topological polar surface area (TPSA) is 95.7 Å². The molecule has 0 aliphatic heterocycles. The summed E-state index contributed by atoms with van der Waals surface area (Å²) < 4.78 is 0.667. The maximum Gasteiger partial charge on any atom is 0.317 e. The van der Waals surface area contributed by atoms with E-state index in [-0.39, 0.29) is 18.3 Å². The van der Waals surface area contributed by atoms with E-state index in [1.54, 1.807) is 6.07 Å². The molecule has 1 aromatic rings. The predicted octanol–water partition coefficient (Wildman–Crippen LogP) is 3.10. The Morgan fingerprint density at radius 1 is 1.42 bits per heavy atom. The van der Waals surface area contributed by atoms with Crippen molar-refractivity contribution in [1.29, 1.82) is 0 Å². The zero-order valence-electron chi connectivity index (χ0n) is 13.2. The molecule has 0 saturated heterocycles. The number of nitro groups is 1. The Hall–Kier alpha value is -1.67. The number of hydrogen-bond acceptors (Lipinski definition) is 5. The van der Waals surface area contributed by atoms with Gasteiger partial charge in [0.1, 0.15) is 0 Å².